The summed E-state index contributed by atoms with van der Waals surface area (Å²) in [5, 5.41) is 0.0687. The van der Waals surface area contributed by atoms with Crippen LogP contribution >= 0.6 is 11.6 Å². The first-order valence-electron chi connectivity index (χ1n) is 5.91. The standard InChI is InChI=1S/C12H14ClN3O3S/c1-2-8-6-15-11(19-8)7-16-20(17,18)12-9(13)4-3-5-10(12)14/h3-6,16H,2,7,14H2,1H3. The molecule has 1 heterocycles. The third-order valence-electron chi connectivity index (χ3n) is 2.63. The van der Waals surface area contributed by atoms with Crippen LogP contribution in [0, 0.1) is 0 Å². The van der Waals surface area contributed by atoms with E-state index in [-0.39, 0.29) is 28.0 Å². The van der Waals surface area contributed by atoms with Crippen LogP contribution in [-0.4, -0.2) is 13.4 Å². The van der Waals surface area contributed by atoms with Crippen LogP contribution in [0.25, 0.3) is 0 Å². The second-order valence-electron chi connectivity index (χ2n) is 4.06. The van der Waals surface area contributed by atoms with Crippen LogP contribution in [0.15, 0.2) is 33.7 Å². The molecule has 0 saturated heterocycles. The summed E-state index contributed by atoms with van der Waals surface area (Å²) in [6, 6.07) is 4.52. The van der Waals surface area contributed by atoms with Gasteiger partial charge in [0.05, 0.1) is 23.5 Å². The van der Waals surface area contributed by atoms with Crippen molar-refractivity contribution >= 4 is 27.3 Å². The number of anilines is 1. The minimum absolute atomic E-state index is 0.0625. The number of rotatable bonds is 5. The van der Waals surface area contributed by atoms with Crippen molar-refractivity contribution in [2.24, 2.45) is 0 Å². The summed E-state index contributed by atoms with van der Waals surface area (Å²) in [7, 11) is -3.82. The van der Waals surface area contributed by atoms with Crippen molar-refractivity contribution in [3.8, 4) is 0 Å². The van der Waals surface area contributed by atoms with Gasteiger partial charge in [-0.1, -0.05) is 24.6 Å². The number of nitrogen functional groups attached to an aromatic ring is 1. The predicted octanol–water partition coefficient (Wildman–Crippen LogP) is 1.95. The highest BCUT2D eigenvalue weighted by molar-refractivity contribution is 7.89. The summed E-state index contributed by atoms with van der Waals surface area (Å²) < 4.78 is 32.0. The molecule has 0 amide bonds. The Hall–Kier alpha value is -1.57. The zero-order valence-electron chi connectivity index (χ0n) is 10.8. The predicted molar refractivity (Wildman–Crippen MR) is 75.8 cm³/mol. The van der Waals surface area contributed by atoms with Crippen LogP contribution in [0.2, 0.25) is 5.02 Å². The van der Waals surface area contributed by atoms with Crippen LogP contribution in [0.3, 0.4) is 0 Å². The summed E-state index contributed by atoms with van der Waals surface area (Å²) in [4.78, 5) is 3.84. The molecule has 0 aliphatic heterocycles. The van der Waals surface area contributed by atoms with Crippen LogP contribution in [0.4, 0.5) is 5.69 Å². The molecule has 3 N–H and O–H groups in total. The molecular weight excluding hydrogens is 302 g/mol. The molecule has 0 aliphatic carbocycles. The van der Waals surface area contributed by atoms with Gasteiger partial charge in [-0.25, -0.2) is 18.1 Å². The number of hydrogen-bond donors (Lipinski definition) is 2. The molecule has 0 fully saturated rings. The van der Waals surface area contributed by atoms with E-state index in [1.54, 1.807) is 12.3 Å². The van der Waals surface area contributed by atoms with Gasteiger partial charge in [0.15, 0.2) is 0 Å². The van der Waals surface area contributed by atoms with Gasteiger partial charge in [0, 0.05) is 6.42 Å². The largest absolute Gasteiger partial charge is 0.444 e. The molecule has 0 bridgehead atoms. The van der Waals surface area contributed by atoms with Crippen molar-refractivity contribution in [2.75, 3.05) is 5.73 Å². The lowest BCUT2D eigenvalue weighted by Gasteiger charge is -2.09. The maximum Gasteiger partial charge on any atom is 0.244 e. The van der Waals surface area contributed by atoms with E-state index in [2.05, 4.69) is 9.71 Å². The summed E-state index contributed by atoms with van der Waals surface area (Å²) >= 11 is 5.88. The summed E-state index contributed by atoms with van der Waals surface area (Å²) in [5.41, 5.74) is 5.75. The Labute approximate surface area is 122 Å². The van der Waals surface area contributed by atoms with Gasteiger partial charge in [0.2, 0.25) is 15.9 Å². The quantitative estimate of drug-likeness (QED) is 0.822. The maximum atomic E-state index is 12.2. The van der Waals surface area contributed by atoms with Gasteiger partial charge >= 0.3 is 0 Å². The molecule has 0 spiro atoms. The first-order valence-corrected chi connectivity index (χ1v) is 7.77. The average Bonchev–Trinajstić information content (AvgIpc) is 2.84. The van der Waals surface area contributed by atoms with Crippen LogP contribution in [-0.2, 0) is 23.0 Å². The van der Waals surface area contributed by atoms with E-state index in [1.807, 2.05) is 6.92 Å². The van der Waals surface area contributed by atoms with E-state index < -0.39 is 10.0 Å². The summed E-state index contributed by atoms with van der Waals surface area (Å²) in [6.07, 6.45) is 2.25. The Morgan fingerprint density at radius 2 is 2.20 bits per heavy atom. The minimum Gasteiger partial charge on any atom is -0.444 e. The molecule has 2 aromatic rings. The number of oxazole rings is 1. The molecule has 0 radical (unpaired) electrons. The van der Waals surface area contributed by atoms with Crippen molar-refractivity contribution in [1.82, 2.24) is 9.71 Å². The molecule has 20 heavy (non-hydrogen) atoms. The summed E-state index contributed by atoms with van der Waals surface area (Å²) in [5.74, 6) is 0.979. The molecule has 2 rings (SSSR count). The number of aromatic nitrogens is 1. The lowest BCUT2D eigenvalue weighted by Crippen LogP contribution is -2.24. The number of nitrogens with one attached hydrogen (secondary N) is 1. The van der Waals surface area contributed by atoms with Crippen molar-refractivity contribution in [1.29, 1.82) is 0 Å². The van der Waals surface area contributed by atoms with Crippen LogP contribution in [0.1, 0.15) is 18.6 Å². The molecule has 6 nitrogen and oxygen atoms in total. The normalized spacial score (nSPS) is 11.7. The topological polar surface area (TPSA) is 98.2 Å². The monoisotopic (exact) mass is 315 g/mol. The Balaban J connectivity index is 2.19. The minimum atomic E-state index is -3.82. The highest BCUT2D eigenvalue weighted by Gasteiger charge is 2.21. The number of benzene rings is 1. The van der Waals surface area contributed by atoms with E-state index in [9.17, 15) is 8.42 Å². The number of aryl methyl sites for hydroxylation is 1. The van der Waals surface area contributed by atoms with E-state index in [0.29, 0.717) is 12.2 Å². The fraction of sp³-hybridized carbons (Fsp3) is 0.250. The molecule has 0 saturated carbocycles. The first kappa shape index (κ1) is 14.8. The number of nitrogens with two attached hydrogens (primary N) is 1. The third-order valence-corrected chi connectivity index (χ3v) is 4.57. The van der Waals surface area contributed by atoms with Gasteiger partial charge in [-0.2, -0.15) is 0 Å². The number of hydrogen-bond acceptors (Lipinski definition) is 5. The van der Waals surface area contributed by atoms with Crippen molar-refractivity contribution in [3.05, 3.63) is 41.1 Å². The Kier molecular flexibility index (Phi) is 4.32. The van der Waals surface area contributed by atoms with Crippen molar-refractivity contribution in [3.63, 3.8) is 0 Å². The van der Waals surface area contributed by atoms with E-state index in [4.69, 9.17) is 21.8 Å². The maximum absolute atomic E-state index is 12.2. The van der Waals surface area contributed by atoms with Gasteiger partial charge < -0.3 is 10.2 Å². The zero-order valence-corrected chi connectivity index (χ0v) is 12.3. The SMILES string of the molecule is CCc1cnc(CNS(=O)(=O)c2c(N)cccc2Cl)o1. The lowest BCUT2D eigenvalue weighted by molar-refractivity contribution is 0.452. The van der Waals surface area contributed by atoms with Gasteiger partial charge in [-0.3, -0.25) is 0 Å². The first-order chi connectivity index (χ1) is 9.44. The Morgan fingerprint density at radius 1 is 1.45 bits per heavy atom. The third kappa shape index (κ3) is 3.12. The van der Waals surface area contributed by atoms with Gasteiger partial charge in [-0.05, 0) is 12.1 Å². The second kappa shape index (κ2) is 5.82. The number of sulfonamides is 1. The van der Waals surface area contributed by atoms with Gasteiger partial charge in [-0.15, -0.1) is 0 Å². The smallest absolute Gasteiger partial charge is 0.244 e. The fourth-order valence-electron chi connectivity index (χ4n) is 1.63. The molecule has 0 aliphatic rings. The molecule has 1 aromatic carbocycles. The molecule has 1 aromatic heterocycles. The number of nitrogens with zero attached hydrogens (tertiary/aromatic N) is 1. The fourth-order valence-corrected chi connectivity index (χ4v) is 3.28. The van der Waals surface area contributed by atoms with E-state index in [0.717, 1.165) is 0 Å². The molecule has 108 valence electrons. The highest BCUT2D eigenvalue weighted by Crippen LogP contribution is 2.26. The average molecular weight is 316 g/mol. The van der Waals surface area contributed by atoms with Crippen LogP contribution in [0.5, 0.6) is 0 Å². The summed E-state index contributed by atoms with van der Waals surface area (Å²) in [6.45, 7) is 1.85. The van der Waals surface area contributed by atoms with Crippen LogP contribution < -0.4 is 10.5 Å². The van der Waals surface area contributed by atoms with E-state index >= 15 is 0 Å². The molecule has 0 unspecified atom stereocenters. The molecule has 0 atom stereocenters. The molecule has 8 heteroatoms. The van der Waals surface area contributed by atoms with Gasteiger partial charge in [0.25, 0.3) is 0 Å². The zero-order chi connectivity index (χ0) is 14.8. The molecular formula is C12H14ClN3O3S. The second-order valence-corrected chi connectivity index (χ2v) is 6.17. The van der Waals surface area contributed by atoms with Gasteiger partial charge in [0.1, 0.15) is 10.7 Å². The Bertz CT molecular complexity index is 692. The van der Waals surface area contributed by atoms with Crippen molar-refractivity contribution in [2.45, 2.75) is 24.8 Å². The van der Waals surface area contributed by atoms with E-state index in [1.165, 1.54) is 12.1 Å². The Morgan fingerprint density at radius 3 is 2.80 bits per heavy atom. The number of halogens is 1. The highest BCUT2D eigenvalue weighted by atomic mass is 35.5. The van der Waals surface area contributed by atoms with Crippen molar-refractivity contribution < 1.29 is 12.8 Å². The lowest BCUT2D eigenvalue weighted by atomic mass is 10.3.